The minimum absolute atomic E-state index is 0.0831. The van der Waals surface area contributed by atoms with Gasteiger partial charge in [-0.3, -0.25) is 4.79 Å². The summed E-state index contributed by atoms with van der Waals surface area (Å²) < 4.78 is 36.1. The summed E-state index contributed by atoms with van der Waals surface area (Å²) in [5.41, 5.74) is 0.701. The van der Waals surface area contributed by atoms with E-state index < -0.39 is 41.5 Å². The van der Waals surface area contributed by atoms with Gasteiger partial charge in [-0.25, -0.2) is 18.4 Å². The molecule has 0 aliphatic carbocycles. The quantitative estimate of drug-likeness (QED) is 0.454. The van der Waals surface area contributed by atoms with Crippen molar-refractivity contribution < 1.29 is 32.6 Å². The zero-order valence-corrected chi connectivity index (χ0v) is 15.5. The number of H-pyrrole nitrogens is 1. The van der Waals surface area contributed by atoms with Crippen LogP contribution in [-0.4, -0.2) is 35.9 Å². The number of aryl methyl sites for hydroxylation is 1. The van der Waals surface area contributed by atoms with Crippen LogP contribution in [0.3, 0.4) is 0 Å². The second-order valence-corrected chi connectivity index (χ2v) is 6.00. The Morgan fingerprint density at radius 3 is 2.33 bits per heavy atom. The van der Waals surface area contributed by atoms with Gasteiger partial charge in [-0.1, -0.05) is 11.6 Å². The van der Waals surface area contributed by atoms with Crippen LogP contribution in [0.1, 0.15) is 49.4 Å². The largest absolute Gasteiger partial charge is 0.462 e. The molecule has 1 aromatic heterocycles. The molecule has 1 heterocycles. The Kier molecular flexibility index (Phi) is 6.32. The van der Waals surface area contributed by atoms with Gasteiger partial charge in [0.2, 0.25) is 5.78 Å². The standard InChI is InChI=1S/C18H16ClF2NO5/c1-4-26-18(25)15-8(2)16(22-9(15)3)14(23)7-27-17(24)10-5-12(20)13(21)6-11(10)19/h5-6,22H,4,7H2,1-3H3. The lowest BCUT2D eigenvalue weighted by molar-refractivity contribution is 0.0472. The number of ether oxygens (including phenoxy) is 2. The van der Waals surface area contributed by atoms with Gasteiger partial charge in [0.15, 0.2) is 18.2 Å². The normalized spacial score (nSPS) is 10.6. The van der Waals surface area contributed by atoms with Crippen molar-refractivity contribution in [1.29, 1.82) is 0 Å². The first-order valence-corrected chi connectivity index (χ1v) is 8.26. The zero-order chi connectivity index (χ0) is 20.3. The number of esters is 2. The number of ketones is 1. The number of rotatable bonds is 6. The van der Waals surface area contributed by atoms with Crippen LogP contribution in [0.4, 0.5) is 8.78 Å². The van der Waals surface area contributed by atoms with Crippen LogP contribution < -0.4 is 0 Å². The molecule has 0 amide bonds. The third-order valence-corrected chi connectivity index (χ3v) is 4.07. The number of Topliss-reactive ketones (excluding diaryl/α,β-unsaturated/α-hetero) is 1. The van der Waals surface area contributed by atoms with Crippen molar-refractivity contribution in [3.63, 3.8) is 0 Å². The number of benzene rings is 1. The van der Waals surface area contributed by atoms with Gasteiger partial charge in [-0.2, -0.15) is 0 Å². The predicted molar refractivity (Wildman–Crippen MR) is 92.2 cm³/mol. The maximum atomic E-state index is 13.3. The molecule has 2 aromatic rings. The lowest BCUT2D eigenvalue weighted by atomic mass is 10.1. The van der Waals surface area contributed by atoms with E-state index in [1.165, 1.54) is 0 Å². The van der Waals surface area contributed by atoms with Crippen molar-refractivity contribution in [2.24, 2.45) is 0 Å². The number of carbonyl (C=O) groups is 3. The van der Waals surface area contributed by atoms with Crippen LogP contribution in [0, 0.1) is 25.5 Å². The Hall–Kier alpha value is -2.74. The van der Waals surface area contributed by atoms with Gasteiger partial charge >= 0.3 is 11.9 Å². The summed E-state index contributed by atoms with van der Waals surface area (Å²) in [4.78, 5) is 39.0. The van der Waals surface area contributed by atoms with E-state index >= 15 is 0 Å². The summed E-state index contributed by atoms with van der Waals surface area (Å²) in [5.74, 6) is -4.76. The minimum atomic E-state index is -1.27. The molecule has 6 nitrogen and oxygen atoms in total. The van der Waals surface area contributed by atoms with Crippen molar-refractivity contribution in [3.8, 4) is 0 Å². The molecule has 0 unspecified atom stereocenters. The third-order valence-electron chi connectivity index (χ3n) is 3.76. The SMILES string of the molecule is CCOC(=O)c1c(C)[nH]c(C(=O)COC(=O)c2cc(F)c(F)cc2Cl)c1C. The molecule has 0 radical (unpaired) electrons. The number of hydrogen-bond donors (Lipinski definition) is 1. The highest BCUT2D eigenvalue weighted by Gasteiger charge is 2.24. The van der Waals surface area contributed by atoms with Crippen molar-refractivity contribution in [3.05, 3.63) is 56.9 Å². The molecule has 2 rings (SSSR count). The second kappa shape index (κ2) is 8.30. The molecule has 27 heavy (non-hydrogen) atoms. The number of halogens is 3. The highest BCUT2D eigenvalue weighted by molar-refractivity contribution is 6.33. The first kappa shape index (κ1) is 20.6. The highest BCUT2D eigenvalue weighted by atomic mass is 35.5. The highest BCUT2D eigenvalue weighted by Crippen LogP contribution is 2.22. The molecule has 0 saturated heterocycles. The summed E-state index contributed by atoms with van der Waals surface area (Å²) in [7, 11) is 0. The lowest BCUT2D eigenvalue weighted by Gasteiger charge is -2.07. The van der Waals surface area contributed by atoms with Crippen LogP contribution in [0.15, 0.2) is 12.1 Å². The molecule has 9 heteroatoms. The summed E-state index contributed by atoms with van der Waals surface area (Å²) >= 11 is 5.69. The second-order valence-electron chi connectivity index (χ2n) is 5.59. The molecule has 0 fully saturated rings. The molecular formula is C18H16ClF2NO5. The summed E-state index contributed by atoms with van der Waals surface area (Å²) in [6.45, 7) is 4.31. The van der Waals surface area contributed by atoms with Gasteiger partial charge in [0.1, 0.15) is 0 Å². The molecule has 0 bridgehead atoms. The first-order chi connectivity index (χ1) is 12.7. The first-order valence-electron chi connectivity index (χ1n) is 7.88. The summed E-state index contributed by atoms with van der Waals surface area (Å²) in [6.07, 6.45) is 0. The third kappa shape index (κ3) is 4.33. The van der Waals surface area contributed by atoms with E-state index in [0.717, 1.165) is 0 Å². The van der Waals surface area contributed by atoms with Crippen LogP contribution in [0.25, 0.3) is 0 Å². The Bertz CT molecular complexity index is 923. The average molecular weight is 400 g/mol. The molecule has 144 valence electrons. The van der Waals surface area contributed by atoms with Crippen LogP contribution >= 0.6 is 11.6 Å². The van der Waals surface area contributed by atoms with Crippen LogP contribution in [0.2, 0.25) is 5.02 Å². The average Bonchev–Trinajstić information content (AvgIpc) is 2.90. The van der Waals surface area contributed by atoms with E-state index in [1.54, 1.807) is 20.8 Å². The zero-order valence-electron chi connectivity index (χ0n) is 14.7. The molecule has 0 aliphatic rings. The van der Waals surface area contributed by atoms with Crippen LogP contribution in [-0.2, 0) is 9.47 Å². The minimum Gasteiger partial charge on any atom is -0.462 e. The molecule has 0 atom stereocenters. The van der Waals surface area contributed by atoms with E-state index in [0.29, 0.717) is 23.4 Å². The maximum absolute atomic E-state index is 13.3. The molecule has 0 saturated carbocycles. The monoisotopic (exact) mass is 399 g/mol. The Labute approximate surface area is 158 Å². The number of aromatic nitrogens is 1. The number of aromatic amines is 1. The van der Waals surface area contributed by atoms with E-state index in [4.69, 9.17) is 21.1 Å². The van der Waals surface area contributed by atoms with Gasteiger partial charge in [0.25, 0.3) is 0 Å². The fourth-order valence-electron chi connectivity index (χ4n) is 2.50. The van der Waals surface area contributed by atoms with Gasteiger partial charge < -0.3 is 14.5 Å². The van der Waals surface area contributed by atoms with Gasteiger partial charge in [-0.05, 0) is 38.5 Å². The molecule has 1 aromatic carbocycles. The van der Waals surface area contributed by atoms with Crippen LogP contribution in [0.5, 0.6) is 0 Å². The Morgan fingerprint density at radius 2 is 1.70 bits per heavy atom. The number of carbonyl (C=O) groups excluding carboxylic acids is 3. The molecular weight excluding hydrogens is 384 g/mol. The van der Waals surface area contributed by atoms with Gasteiger partial charge in [0, 0.05) is 5.69 Å². The predicted octanol–water partition coefficient (Wildman–Crippen LogP) is 3.78. The van der Waals surface area contributed by atoms with Crippen molar-refractivity contribution in [2.45, 2.75) is 20.8 Å². The van der Waals surface area contributed by atoms with Gasteiger partial charge in [-0.15, -0.1) is 0 Å². The number of nitrogens with one attached hydrogen (secondary N) is 1. The van der Waals surface area contributed by atoms with Crippen molar-refractivity contribution in [1.82, 2.24) is 4.98 Å². The topological polar surface area (TPSA) is 85.5 Å². The fourth-order valence-corrected chi connectivity index (χ4v) is 2.73. The maximum Gasteiger partial charge on any atom is 0.340 e. The summed E-state index contributed by atoms with van der Waals surface area (Å²) in [6, 6.07) is 1.23. The van der Waals surface area contributed by atoms with E-state index in [-0.39, 0.29) is 22.9 Å². The molecule has 0 aliphatic heterocycles. The Balaban J connectivity index is 2.15. The fraction of sp³-hybridized carbons (Fsp3) is 0.278. The molecule has 1 N–H and O–H groups in total. The van der Waals surface area contributed by atoms with Crippen molar-refractivity contribution in [2.75, 3.05) is 13.2 Å². The Morgan fingerprint density at radius 1 is 1.07 bits per heavy atom. The van der Waals surface area contributed by atoms with E-state index in [1.807, 2.05) is 0 Å². The molecule has 0 spiro atoms. The smallest absolute Gasteiger partial charge is 0.340 e. The van der Waals surface area contributed by atoms with E-state index in [9.17, 15) is 23.2 Å². The van der Waals surface area contributed by atoms with Crippen molar-refractivity contribution >= 4 is 29.3 Å². The lowest BCUT2D eigenvalue weighted by Crippen LogP contribution is -2.16. The van der Waals surface area contributed by atoms with Gasteiger partial charge in [0.05, 0.1) is 28.5 Å². The number of hydrogen-bond acceptors (Lipinski definition) is 5. The summed E-state index contributed by atoms with van der Waals surface area (Å²) in [5, 5.41) is -0.345. The van der Waals surface area contributed by atoms with E-state index in [2.05, 4.69) is 4.98 Å².